The minimum atomic E-state index is -0.405. The fraction of sp³-hybridized carbons (Fsp3) is 0.0370. The third-order valence-electron chi connectivity index (χ3n) is 5.22. The van der Waals surface area contributed by atoms with E-state index in [0.29, 0.717) is 5.56 Å². The van der Waals surface area contributed by atoms with Gasteiger partial charge in [-0.05, 0) is 34.9 Å². The predicted molar refractivity (Wildman–Crippen MR) is 141 cm³/mol. The highest BCUT2D eigenvalue weighted by Gasteiger charge is 2.18. The molecule has 0 aliphatic heterocycles. The van der Waals surface area contributed by atoms with E-state index in [1.807, 2.05) is 30.3 Å². The molecule has 0 saturated carbocycles. The fourth-order valence-corrected chi connectivity index (χ4v) is 6.00. The smallest absolute Gasteiger partial charge is 0.258 e. The summed E-state index contributed by atoms with van der Waals surface area (Å²) in [7, 11) is 0. The summed E-state index contributed by atoms with van der Waals surface area (Å²) in [6.45, 7) is 0. The van der Waals surface area contributed by atoms with Gasteiger partial charge in [0.2, 0.25) is 0 Å². The molecule has 0 bridgehead atoms. The van der Waals surface area contributed by atoms with Gasteiger partial charge in [0.1, 0.15) is 0 Å². The van der Waals surface area contributed by atoms with Gasteiger partial charge in [-0.3, -0.25) is 15.1 Å². The Morgan fingerprint density at radius 1 is 0.882 bits per heavy atom. The quantitative estimate of drug-likeness (QED) is 0.103. The van der Waals surface area contributed by atoms with Gasteiger partial charge in [-0.2, -0.15) is 0 Å². The largest absolute Gasteiger partial charge is 0.270 e. The summed E-state index contributed by atoms with van der Waals surface area (Å²) in [6, 6.07) is 33.3. The number of nitro groups is 1. The summed E-state index contributed by atoms with van der Waals surface area (Å²) < 4.78 is 2.04. The highest BCUT2D eigenvalue weighted by Crippen LogP contribution is 2.43. The van der Waals surface area contributed by atoms with Crippen LogP contribution in [0.25, 0.3) is 10.2 Å². The Kier molecular flexibility index (Phi) is 6.46. The second kappa shape index (κ2) is 9.99. The summed E-state index contributed by atoms with van der Waals surface area (Å²) in [4.78, 5) is 19.9. The highest BCUT2D eigenvalue weighted by molar-refractivity contribution is 8.01. The number of benzene rings is 4. The van der Waals surface area contributed by atoms with E-state index < -0.39 is 4.92 Å². The summed E-state index contributed by atoms with van der Waals surface area (Å²) in [5.74, 6) is 0. The molecule has 0 amide bonds. The lowest BCUT2D eigenvalue weighted by atomic mass is 10.0. The zero-order valence-electron chi connectivity index (χ0n) is 17.9. The maximum atomic E-state index is 11.0. The molecule has 1 aromatic heterocycles. The summed E-state index contributed by atoms with van der Waals surface area (Å²) in [5, 5.41) is 11.1. The van der Waals surface area contributed by atoms with Gasteiger partial charge in [0.25, 0.3) is 5.69 Å². The summed E-state index contributed by atoms with van der Waals surface area (Å²) in [5.41, 5.74) is 4.92. The molecule has 4 aromatic carbocycles. The van der Waals surface area contributed by atoms with Gasteiger partial charge in [-0.1, -0.05) is 84.6 Å². The number of aliphatic imine (C=N–C) groups is 1. The first-order valence-electron chi connectivity index (χ1n) is 10.6. The first-order chi connectivity index (χ1) is 16.7. The molecular formula is C27H19N3O2S2. The van der Waals surface area contributed by atoms with E-state index in [-0.39, 0.29) is 10.9 Å². The van der Waals surface area contributed by atoms with Crippen LogP contribution < -0.4 is 0 Å². The molecule has 0 fully saturated rings. The van der Waals surface area contributed by atoms with Crippen molar-refractivity contribution in [1.29, 1.82) is 0 Å². The van der Waals surface area contributed by atoms with Gasteiger partial charge >= 0.3 is 0 Å². The third kappa shape index (κ3) is 5.06. The second-order valence-corrected chi connectivity index (χ2v) is 9.94. The molecule has 1 heterocycles. The van der Waals surface area contributed by atoms with Crippen LogP contribution in [0.5, 0.6) is 0 Å². The highest BCUT2D eigenvalue weighted by atomic mass is 32.2. The molecule has 0 saturated heterocycles. The van der Waals surface area contributed by atoms with Gasteiger partial charge in [0.15, 0.2) is 4.34 Å². The number of rotatable bonds is 7. The Morgan fingerprint density at radius 3 is 2.26 bits per heavy atom. The number of nitro benzene ring substituents is 1. The Labute approximate surface area is 205 Å². The monoisotopic (exact) mass is 481 g/mol. The van der Waals surface area contributed by atoms with Crippen LogP contribution in [0.2, 0.25) is 0 Å². The number of thiazole rings is 1. The van der Waals surface area contributed by atoms with E-state index in [0.717, 1.165) is 20.2 Å². The van der Waals surface area contributed by atoms with Gasteiger partial charge in [0, 0.05) is 18.3 Å². The molecule has 5 nitrogen and oxygen atoms in total. The molecule has 0 aliphatic rings. The SMILES string of the molecule is O=[N+]([O-])c1cccc(C=Nc2ccc3nc(SC(c4ccccc4)c4ccccc4)sc3c2)c1. The van der Waals surface area contributed by atoms with E-state index in [1.54, 1.807) is 41.4 Å². The van der Waals surface area contributed by atoms with Crippen molar-refractivity contribution in [2.45, 2.75) is 9.59 Å². The Bertz CT molecular complexity index is 1430. The number of thioether (sulfide) groups is 1. The van der Waals surface area contributed by atoms with Crippen LogP contribution >= 0.6 is 23.1 Å². The zero-order chi connectivity index (χ0) is 23.3. The lowest BCUT2D eigenvalue weighted by Gasteiger charge is -2.16. The second-order valence-electron chi connectivity index (χ2n) is 7.56. The average Bonchev–Trinajstić information content (AvgIpc) is 3.29. The van der Waals surface area contributed by atoms with Gasteiger partial charge in [-0.15, -0.1) is 11.3 Å². The van der Waals surface area contributed by atoms with E-state index in [9.17, 15) is 10.1 Å². The van der Waals surface area contributed by atoms with Crippen molar-refractivity contribution >= 4 is 50.9 Å². The molecule has 5 aromatic rings. The van der Waals surface area contributed by atoms with Crippen LogP contribution in [0.3, 0.4) is 0 Å². The van der Waals surface area contributed by atoms with Crippen LogP contribution in [-0.4, -0.2) is 16.1 Å². The molecule has 34 heavy (non-hydrogen) atoms. The van der Waals surface area contributed by atoms with Crippen molar-refractivity contribution in [3.05, 3.63) is 130 Å². The predicted octanol–water partition coefficient (Wildman–Crippen LogP) is 7.84. The molecular weight excluding hydrogens is 462 g/mol. The van der Waals surface area contributed by atoms with Crippen LogP contribution in [0.4, 0.5) is 11.4 Å². The molecule has 0 spiro atoms. The van der Waals surface area contributed by atoms with Gasteiger partial charge in [0.05, 0.1) is 26.1 Å². The maximum absolute atomic E-state index is 11.0. The third-order valence-corrected chi connectivity index (χ3v) is 7.64. The summed E-state index contributed by atoms with van der Waals surface area (Å²) in [6.07, 6.45) is 1.64. The average molecular weight is 482 g/mol. The topological polar surface area (TPSA) is 68.4 Å². The fourth-order valence-electron chi connectivity index (χ4n) is 3.58. The zero-order valence-corrected chi connectivity index (χ0v) is 19.6. The molecule has 0 N–H and O–H groups in total. The lowest BCUT2D eigenvalue weighted by Crippen LogP contribution is -1.96. The van der Waals surface area contributed by atoms with Crippen molar-refractivity contribution in [2.75, 3.05) is 0 Å². The van der Waals surface area contributed by atoms with E-state index in [4.69, 9.17) is 4.98 Å². The van der Waals surface area contributed by atoms with Crippen LogP contribution in [0, 0.1) is 10.1 Å². The minimum absolute atomic E-state index is 0.0508. The van der Waals surface area contributed by atoms with Crippen LogP contribution in [0.15, 0.2) is 112 Å². The van der Waals surface area contributed by atoms with Gasteiger partial charge < -0.3 is 0 Å². The Morgan fingerprint density at radius 2 is 1.59 bits per heavy atom. The van der Waals surface area contributed by atoms with E-state index in [1.165, 1.54) is 23.3 Å². The normalized spacial score (nSPS) is 11.4. The van der Waals surface area contributed by atoms with Crippen molar-refractivity contribution in [3.63, 3.8) is 0 Å². The van der Waals surface area contributed by atoms with Crippen molar-refractivity contribution in [2.24, 2.45) is 4.99 Å². The number of hydrogen-bond acceptors (Lipinski definition) is 6. The molecule has 7 heteroatoms. The molecule has 0 atom stereocenters. The number of aromatic nitrogens is 1. The molecule has 5 rings (SSSR count). The molecule has 0 unspecified atom stereocenters. The van der Waals surface area contributed by atoms with E-state index in [2.05, 4.69) is 53.5 Å². The van der Waals surface area contributed by atoms with Crippen molar-refractivity contribution in [1.82, 2.24) is 4.98 Å². The first kappa shape index (κ1) is 22.0. The molecule has 0 radical (unpaired) electrons. The molecule has 0 aliphatic carbocycles. The number of nitrogens with zero attached hydrogens (tertiary/aromatic N) is 3. The Hall–Kier alpha value is -3.81. The number of fused-ring (bicyclic) bond motifs is 1. The van der Waals surface area contributed by atoms with Crippen molar-refractivity contribution in [3.8, 4) is 0 Å². The molecule has 166 valence electrons. The lowest BCUT2D eigenvalue weighted by molar-refractivity contribution is -0.384. The van der Waals surface area contributed by atoms with Gasteiger partial charge in [-0.25, -0.2) is 4.98 Å². The minimum Gasteiger partial charge on any atom is -0.258 e. The standard InChI is InChI=1S/C27H19N3O2S2/c31-30(32)23-13-7-8-19(16-23)18-28-22-14-15-24-25(17-22)33-27(29-24)34-26(20-9-3-1-4-10-20)21-11-5-2-6-12-21/h1-18,26H. The van der Waals surface area contributed by atoms with Crippen LogP contribution in [0.1, 0.15) is 21.9 Å². The maximum Gasteiger partial charge on any atom is 0.270 e. The number of non-ortho nitro benzene ring substituents is 1. The van der Waals surface area contributed by atoms with Crippen LogP contribution in [-0.2, 0) is 0 Å². The Balaban J connectivity index is 1.41. The first-order valence-corrected chi connectivity index (χ1v) is 12.3. The van der Waals surface area contributed by atoms with E-state index >= 15 is 0 Å². The summed E-state index contributed by atoms with van der Waals surface area (Å²) >= 11 is 3.39. The number of hydrogen-bond donors (Lipinski definition) is 0. The van der Waals surface area contributed by atoms with Crippen molar-refractivity contribution < 1.29 is 4.92 Å².